The van der Waals surface area contributed by atoms with Crippen molar-refractivity contribution in [1.29, 1.82) is 0 Å². The van der Waals surface area contributed by atoms with Gasteiger partial charge in [-0.05, 0) is 35.2 Å². The van der Waals surface area contributed by atoms with Crippen LogP contribution in [0.2, 0.25) is 5.02 Å². The quantitative estimate of drug-likeness (QED) is 0.744. The SMILES string of the molecule is CN(Cc1ccc(Cl)cc1)C(=O)CNC(=O)c1cc2sccc2n1C. The average Bonchev–Trinajstić information content (AvgIpc) is 3.17. The van der Waals surface area contributed by atoms with Crippen LogP contribution in [0, 0.1) is 0 Å². The standard InChI is InChI=1S/C18H18ClN3O2S/c1-21(11-12-3-5-13(19)6-4-12)17(23)10-20-18(24)15-9-16-14(22(15)2)7-8-25-16/h3-9H,10-11H2,1-2H3,(H,20,24). The summed E-state index contributed by atoms with van der Waals surface area (Å²) in [4.78, 5) is 26.2. The van der Waals surface area contributed by atoms with E-state index in [-0.39, 0.29) is 18.4 Å². The zero-order chi connectivity index (χ0) is 18.0. The molecule has 130 valence electrons. The van der Waals surface area contributed by atoms with Gasteiger partial charge in [-0.15, -0.1) is 11.3 Å². The maximum atomic E-state index is 12.3. The van der Waals surface area contributed by atoms with Crippen LogP contribution in [0.4, 0.5) is 0 Å². The fraction of sp³-hybridized carbons (Fsp3) is 0.222. The highest BCUT2D eigenvalue weighted by Crippen LogP contribution is 2.24. The van der Waals surface area contributed by atoms with Gasteiger partial charge >= 0.3 is 0 Å². The number of halogens is 1. The number of aryl methyl sites for hydroxylation is 1. The van der Waals surface area contributed by atoms with Crippen LogP contribution in [0.3, 0.4) is 0 Å². The van der Waals surface area contributed by atoms with Gasteiger partial charge in [-0.25, -0.2) is 0 Å². The lowest BCUT2D eigenvalue weighted by Crippen LogP contribution is -2.38. The number of benzene rings is 1. The van der Waals surface area contributed by atoms with Crippen molar-refractivity contribution in [1.82, 2.24) is 14.8 Å². The molecule has 2 amide bonds. The first-order valence-corrected chi connectivity index (χ1v) is 9.01. The molecule has 0 bridgehead atoms. The Labute approximate surface area is 154 Å². The molecule has 0 radical (unpaired) electrons. The van der Waals surface area contributed by atoms with Crippen molar-refractivity contribution < 1.29 is 9.59 Å². The number of aromatic nitrogens is 1. The Kier molecular flexibility index (Phi) is 5.11. The van der Waals surface area contributed by atoms with E-state index in [1.165, 1.54) is 0 Å². The molecular weight excluding hydrogens is 358 g/mol. The molecule has 5 nitrogen and oxygen atoms in total. The Morgan fingerprint density at radius 2 is 1.96 bits per heavy atom. The Morgan fingerprint density at radius 1 is 1.24 bits per heavy atom. The third-order valence-electron chi connectivity index (χ3n) is 4.06. The molecule has 2 aromatic heterocycles. The molecule has 0 saturated heterocycles. The van der Waals surface area contributed by atoms with Crippen LogP contribution in [0.15, 0.2) is 41.8 Å². The molecule has 1 aromatic carbocycles. The average molecular weight is 376 g/mol. The van der Waals surface area contributed by atoms with E-state index in [0.29, 0.717) is 17.3 Å². The van der Waals surface area contributed by atoms with Gasteiger partial charge < -0.3 is 14.8 Å². The summed E-state index contributed by atoms with van der Waals surface area (Å²) in [5, 5.41) is 5.35. The maximum Gasteiger partial charge on any atom is 0.268 e. The molecule has 0 fully saturated rings. The van der Waals surface area contributed by atoms with Crippen molar-refractivity contribution in [3.8, 4) is 0 Å². The number of fused-ring (bicyclic) bond motifs is 1. The number of rotatable bonds is 5. The molecule has 25 heavy (non-hydrogen) atoms. The van der Waals surface area contributed by atoms with Crippen molar-refractivity contribution >= 4 is 45.0 Å². The summed E-state index contributed by atoms with van der Waals surface area (Å²) in [6.07, 6.45) is 0. The first kappa shape index (κ1) is 17.5. The first-order chi connectivity index (χ1) is 12.0. The molecule has 0 atom stereocenters. The number of hydrogen-bond donors (Lipinski definition) is 1. The topological polar surface area (TPSA) is 54.3 Å². The smallest absolute Gasteiger partial charge is 0.268 e. The minimum absolute atomic E-state index is 0.0399. The molecule has 1 N–H and O–H groups in total. The molecule has 0 unspecified atom stereocenters. The third-order valence-corrected chi connectivity index (χ3v) is 5.16. The Bertz CT molecular complexity index is 914. The zero-order valence-corrected chi connectivity index (χ0v) is 15.5. The van der Waals surface area contributed by atoms with Crippen molar-refractivity contribution in [2.75, 3.05) is 13.6 Å². The summed E-state index contributed by atoms with van der Waals surface area (Å²) in [7, 11) is 3.56. The van der Waals surface area contributed by atoms with Crippen LogP contribution in [-0.4, -0.2) is 34.9 Å². The van der Waals surface area contributed by atoms with Gasteiger partial charge in [0.25, 0.3) is 5.91 Å². The monoisotopic (exact) mass is 375 g/mol. The Morgan fingerprint density at radius 3 is 2.64 bits per heavy atom. The molecule has 3 aromatic rings. The largest absolute Gasteiger partial charge is 0.342 e. The van der Waals surface area contributed by atoms with Crippen LogP contribution in [-0.2, 0) is 18.4 Å². The van der Waals surface area contributed by atoms with Crippen molar-refractivity contribution in [3.63, 3.8) is 0 Å². The normalized spacial score (nSPS) is 10.8. The molecule has 0 saturated carbocycles. The van der Waals surface area contributed by atoms with Crippen LogP contribution in [0.5, 0.6) is 0 Å². The maximum absolute atomic E-state index is 12.3. The second-order valence-electron chi connectivity index (χ2n) is 5.82. The van der Waals surface area contributed by atoms with Crippen molar-refractivity contribution in [3.05, 3.63) is 58.1 Å². The molecule has 0 aliphatic carbocycles. The van der Waals surface area contributed by atoms with Crippen LogP contribution in [0.25, 0.3) is 10.2 Å². The van der Waals surface area contributed by atoms with E-state index in [0.717, 1.165) is 15.8 Å². The molecule has 0 aliphatic heterocycles. The van der Waals surface area contributed by atoms with E-state index in [2.05, 4.69) is 5.32 Å². The predicted molar refractivity (Wildman–Crippen MR) is 101 cm³/mol. The van der Waals surface area contributed by atoms with Gasteiger partial charge in [-0.2, -0.15) is 0 Å². The Hall–Kier alpha value is -2.31. The highest BCUT2D eigenvalue weighted by molar-refractivity contribution is 7.17. The fourth-order valence-corrected chi connectivity index (χ4v) is 3.58. The number of likely N-dealkylation sites (N-methyl/N-ethyl adjacent to an activating group) is 1. The number of thiophene rings is 1. The van der Waals surface area contributed by atoms with Gasteiger partial charge in [-0.1, -0.05) is 23.7 Å². The number of hydrogen-bond acceptors (Lipinski definition) is 3. The number of nitrogens with zero attached hydrogens (tertiary/aromatic N) is 2. The van der Waals surface area contributed by atoms with E-state index in [4.69, 9.17) is 11.6 Å². The molecule has 7 heteroatoms. The van der Waals surface area contributed by atoms with Gasteiger partial charge in [0.15, 0.2) is 0 Å². The zero-order valence-electron chi connectivity index (χ0n) is 14.0. The summed E-state index contributed by atoms with van der Waals surface area (Å²) in [5.74, 6) is -0.404. The second kappa shape index (κ2) is 7.29. The highest BCUT2D eigenvalue weighted by Gasteiger charge is 2.16. The third kappa shape index (κ3) is 3.86. The first-order valence-electron chi connectivity index (χ1n) is 7.75. The predicted octanol–water partition coefficient (Wildman–Crippen LogP) is 3.28. The lowest BCUT2D eigenvalue weighted by atomic mass is 10.2. The second-order valence-corrected chi connectivity index (χ2v) is 7.20. The lowest BCUT2D eigenvalue weighted by Gasteiger charge is -2.17. The molecule has 0 spiro atoms. The Balaban J connectivity index is 1.57. The van der Waals surface area contributed by atoms with Crippen molar-refractivity contribution in [2.45, 2.75) is 6.54 Å². The van der Waals surface area contributed by atoms with E-state index in [9.17, 15) is 9.59 Å². The number of carbonyl (C=O) groups excluding carboxylic acids is 2. The highest BCUT2D eigenvalue weighted by atomic mass is 35.5. The lowest BCUT2D eigenvalue weighted by molar-refractivity contribution is -0.129. The van der Waals surface area contributed by atoms with Gasteiger partial charge in [0.2, 0.25) is 5.91 Å². The van der Waals surface area contributed by atoms with E-state index >= 15 is 0 Å². The van der Waals surface area contributed by atoms with Crippen LogP contribution in [0.1, 0.15) is 16.1 Å². The number of carbonyl (C=O) groups is 2. The molecular formula is C18H18ClN3O2S. The van der Waals surface area contributed by atoms with Gasteiger partial charge in [-0.3, -0.25) is 9.59 Å². The molecule has 3 rings (SSSR count). The summed E-state index contributed by atoms with van der Waals surface area (Å²) < 4.78 is 2.89. The summed E-state index contributed by atoms with van der Waals surface area (Å²) >= 11 is 7.44. The fourth-order valence-electron chi connectivity index (χ4n) is 2.60. The number of amides is 2. The van der Waals surface area contributed by atoms with E-state index in [1.807, 2.05) is 41.3 Å². The van der Waals surface area contributed by atoms with E-state index in [1.54, 1.807) is 35.4 Å². The number of nitrogens with one attached hydrogen (secondary N) is 1. The van der Waals surface area contributed by atoms with Crippen molar-refractivity contribution in [2.24, 2.45) is 7.05 Å². The summed E-state index contributed by atoms with van der Waals surface area (Å²) in [6.45, 7) is 0.424. The van der Waals surface area contributed by atoms with Gasteiger partial charge in [0, 0.05) is 25.7 Å². The molecule has 0 aliphatic rings. The van der Waals surface area contributed by atoms with Crippen LogP contribution < -0.4 is 5.32 Å². The minimum atomic E-state index is -0.251. The van der Waals surface area contributed by atoms with E-state index < -0.39 is 0 Å². The molecule has 2 heterocycles. The minimum Gasteiger partial charge on any atom is -0.342 e. The van der Waals surface area contributed by atoms with Crippen LogP contribution >= 0.6 is 22.9 Å². The summed E-state index contributed by atoms with van der Waals surface area (Å²) in [5.41, 5.74) is 2.55. The van der Waals surface area contributed by atoms with Gasteiger partial charge in [0.1, 0.15) is 5.69 Å². The summed E-state index contributed by atoms with van der Waals surface area (Å²) in [6, 6.07) is 11.2. The van der Waals surface area contributed by atoms with Gasteiger partial charge in [0.05, 0.1) is 16.8 Å².